The van der Waals surface area contributed by atoms with E-state index in [9.17, 15) is 4.79 Å². The van der Waals surface area contributed by atoms with Crippen LogP contribution in [0.4, 0.5) is 0 Å². The first kappa shape index (κ1) is 11.4. The molecule has 1 N–H and O–H groups in total. The van der Waals surface area contributed by atoms with Crippen LogP contribution in [0.2, 0.25) is 0 Å². The van der Waals surface area contributed by atoms with Gasteiger partial charge in [-0.15, -0.1) is 0 Å². The highest BCUT2D eigenvalue weighted by molar-refractivity contribution is 5.74. The van der Waals surface area contributed by atoms with Gasteiger partial charge in [0.15, 0.2) is 0 Å². The largest absolute Gasteiger partial charge is 0.481 e. The summed E-state index contributed by atoms with van der Waals surface area (Å²) >= 11 is 0. The van der Waals surface area contributed by atoms with Crippen LogP contribution in [-0.2, 0) is 4.79 Å². The second kappa shape index (κ2) is 5.33. The Kier molecular flexibility index (Phi) is 3.81. The average molecular weight is 220 g/mol. The van der Waals surface area contributed by atoms with Gasteiger partial charge in [0.25, 0.3) is 0 Å². The van der Waals surface area contributed by atoms with Gasteiger partial charge in [-0.25, -0.2) is 0 Å². The second-order valence-corrected chi connectivity index (χ2v) is 4.87. The highest BCUT2D eigenvalue weighted by Crippen LogP contribution is 2.52. The van der Waals surface area contributed by atoms with Gasteiger partial charge in [0.1, 0.15) is 0 Å². The van der Waals surface area contributed by atoms with Gasteiger partial charge in [0.05, 0.1) is 5.92 Å². The summed E-state index contributed by atoms with van der Waals surface area (Å²) in [5.41, 5.74) is 0. The van der Waals surface area contributed by atoms with E-state index in [0.717, 1.165) is 38.5 Å². The minimum absolute atomic E-state index is 0.0532. The van der Waals surface area contributed by atoms with E-state index in [1.54, 1.807) is 0 Å². The number of hydrogen-bond donors (Lipinski definition) is 1. The summed E-state index contributed by atoms with van der Waals surface area (Å²) < 4.78 is 0. The minimum Gasteiger partial charge on any atom is -0.481 e. The first-order chi connectivity index (χ1) is 7.80. The predicted octanol–water partition coefficient (Wildman–Crippen LogP) is 3.40. The lowest BCUT2D eigenvalue weighted by Gasteiger charge is -1.97. The van der Waals surface area contributed by atoms with Crippen molar-refractivity contribution in [1.82, 2.24) is 0 Å². The fraction of sp³-hybridized carbons (Fsp3) is 0.643. The second-order valence-electron chi connectivity index (χ2n) is 4.87. The maximum atomic E-state index is 11.0. The molecule has 0 aromatic heterocycles. The molecule has 0 aliphatic heterocycles. The lowest BCUT2D eigenvalue weighted by atomic mass is 10.1. The normalized spacial score (nSPS) is 38.6. The Labute approximate surface area is 97.0 Å². The number of rotatable bonds is 1. The smallest absolute Gasteiger partial charge is 0.307 e. The van der Waals surface area contributed by atoms with Gasteiger partial charge in [-0.3, -0.25) is 4.79 Å². The number of carboxylic acids is 1. The van der Waals surface area contributed by atoms with Crippen LogP contribution >= 0.6 is 0 Å². The molecule has 1 saturated carbocycles. The van der Waals surface area contributed by atoms with Crippen LogP contribution in [0.1, 0.15) is 38.5 Å². The Morgan fingerprint density at radius 2 is 1.31 bits per heavy atom. The molecule has 3 atom stereocenters. The minimum atomic E-state index is -0.585. The quantitative estimate of drug-likeness (QED) is 0.688. The van der Waals surface area contributed by atoms with Crippen LogP contribution in [-0.4, -0.2) is 11.1 Å². The predicted molar refractivity (Wildman–Crippen MR) is 64.1 cm³/mol. The number of allylic oxidation sites excluding steroid dienone is 4. The Balaban J connectivity index is 1.92. The van der Waals surface area contributed by atoms with Gasteiger partial charge in [0.2, 0.25) is 0 Å². The fourth-order valence-electron chi connectivity index (χ4n) is 2.84. The number of carbonyl (C=O) groups is 1. The highest BCUT2D eigenvalue weighted by atomic mass is 16.4. The van der Waals surface area contributed by atoms with E-state index in [-0.39, 0.29) is 5.92 Å². The van der Waals surface area contributed by atoms with E-state index in [0.29, 0.717) is 11.8 Å². The van der Waals surface area contributed by atoms with Crippen LogP contribution in [0.5, 0.6) is 0 Å². The first-order valence-corrected chi connectivity index (χ1v) is 6.33. The molecule has 2 nitrogen and oxygen atoms in total. The van der Waals surface area contributed by atoms with Crippen molar-refractivity contribution in [3.63, 3.8) is 0 Å². The molecule has 88 valence electrons. The molecule has 0 bridgehead atoms. The van der Waals surface area contributed by atoms with Crippen molar-refractivity contribution < 1.29 is 9.90 Å². The van der Waals surface area contributed by atoms with E-state index in [2.05, 4.69) is 24.3 Å². The Morgan fingerprint density at radius 1 is 0.875 bits per heavy atom. The standard InChI is InChI=1S/C14H20O2/c15-14(16)13-11-9-7-5-3-1-2-4-6-8-10-12(11)13/h3-6,11-13H,1-2,7-10H2,(H,15,16)/b5-3-,6-4-/t11-,12+,13?. The van der Waals surface area contributed by atoms with E-state index in [1.807, 2.05) is 0 Å². The number of fused-ring (bicyclic) bond motifs is 1. The molecular formula is C14H20O2. The van der Waals surface area contributed by atoms with Crippen LogP contribution in [0.15, 0.2) is 24.3 Å². The van der Waals surface area contributed by atoms with E-state index >= 15 is 0 Å². The molecule has 0 heterocycles. The van der Waals surface area contributed by atoms with E-state index in [4.69, 9.17) is 5.11 Å². The Bertz CT molecular complexity index is 280. The van der Waals surface area contributed by atoms with Crippen molar-refractivity contribution in [1.29, 1.82) is 0 Å². The molecule has 0 aromatic carbocycles. The van der Waals surface area contributed by atoms with Crippen LogP contribution < -0.4 is 0 Å². The van der Waals surface area contributed by atoms with Crippen molar-refractivity contribution in [2.24, 2.45) is 17.8 Å². The molecule has 2 rings (SSSR count). The molecule has 1 fully saturated rings. The first-order valence-electron chi connectivity index (χ1n) is 6.33. The summed E-state index contributed by atoms with van der Waals surface area (Å²) in [7, 11) is 0. The van der Waals surface area contributed by atoms with Crippen LogP contribution in [0.3, 0.4) is 0 Å². The number of hydrogen-bond acceptors (Lipinski definition) is 1. The molecule has 0 amide bonds. The zero-order valence-electron chi connectivity index (χ0n) is 9.64. The van der Waals surface area contributed by atoms with Gasteiger partial charge in [-0.2, -0.15) is 0 Å². The van der Waals surface area contributed by atoms with Gasteiger partial charge in [-0.05, 0) is 50.4 Å². The van der Waals surface area contributed by atoms with Gasteiger partial charge < -0.3 is 5.11 Å². The molecule has 16 heavy (non-hydrogen) atoms. The Morgan fingerprint density at radius 3 is 1.75 bits per heavy atom. The lowest BCUT2D eigenvalue weighted by Crippen LogP contribution is -2.00. The van der Waals surface area contributed by atoms with Gasteiger partial charge >= 0.3 is 5.97 Å². The average Bonchev–Trinajstić information content (AvgIpc) is 2.91. The van der Waals surface area contributed by atoms with Crippen molar-refractivity contribution in [3.05, 3.63) is 24.3 Å². The molecular weight excluding hydrogens is 200 g/mol. The topological polar surface area (TPSA) is 37.3 Å². The van der Waals surface area contributed by atoms with Crippen molar-refractivity contribution in [2.45, 2.75) is 38.5 Å². The summed E-state index contributed by atoms with van der Waals surface area (Å²) in [5, 5.41) is 9.08. The third-order valence-electron chi connectivity index (χ3n) is 3.78. The third-order valence-corrected chi connectivity index (χ3v) is 3.78. The maximum absolute atomic E-state index is 11.0. The molecule has 1 unspecified atom stereocenters. The fourth-order valence-corrected chi connectivity index (χ4v) is 2.84. The monoisotopic (exact) mass is 220 g/mol. The third kappa shape index (κ3) is 2.75. The molecule has 2 heteroatoms. The number of aliphatic carboxylic acids is 1. The van der Waals surface area contributed by atoms with Gasteiger partial charge in [-0.1, -0.05) is 24.3 Å². The lowest BCUT2D eigenvalue weighted by molar-refractivity contribution is -0.139. The molecule has 2 aliphatic rings. The SMILES string of the molecule is O=C(O)C1[C@H]2CC/C=C\CC/C=C\CC[C@@H]12. The summed E-state index contributed by atoms with van der Waals surface area (Å²) in [5.74, 6) is 0.241. The van der Waals surface area contributed by atoms with E-state index in [1.165, 1.54) is 0 Å². The summed E-state index contributed by atoms with van der Waals surface area (Å²) in [6.07, 6.45) is 15.3. The summed E-state index contributed by atoms with van der Waals surface area (Å²) in [6.45, 7) is 0. The molecule has 0 saturated heterocycles. The van der Waals surface area contributed by atoms with Crippen LogP contribution in [0.25, 0.3) is 0 Å². The van der Waals surface area contributed by atoms with Crippen molar-refractivity contribution in [3.8, 4) is 0 Å². The number of carboxylic acid groups (broad SMARTS) is 1. The molecule has 0 radical (unpaired) electrons. The summed E-state index contributed by atoms with van der Waals surface area (Å²) in [4.78, 5) is 11.0. The molecule has 0 spiro atoms. The highest BCUT2D eigenvalue weighted by Gasteiger charge is 2.53. The maximum Gasteiger partial charge on any atom is 0.307 e. The van der Waals surface area contributed by atoms with Crippen LogP contribution in [0, 0.1) is 17.8 Å². The zero-order chi connectivity index (χ0) is 11.4. The zero-order valence-corrected chi connectivity index (χ0v) is 9.64. The van der Waals surface area contributed by atoms with Crippen molar-refractivity contribution >= 4 is 5.97 Å². The van der Waals surface area contributed by atoms with E-state index < -0.39 is 5.97 Å². The molecule has 2 aliphatic carbocycles. The Hall–Kier alpha value is -1.05. The molecule has 0 aromatic rings. The van der Waals surface area contributed by atoms with Crippen molar-refractivity contribution in [2.75, 3.05) is 0 Å². The summed E-state index contributed by atoms with van der Waals surface area (Å²) in [6, 6.07) is 0. The van der Waals surface area contributed by atoms with Gasteiger partial charge in [0, 0.05) is 0 Å².